The SMILES string of the molecule is COC(Cc1ccc(OCCOC2c3ccc(-c4ccccc4)cc3C=Cc3cc(C(C)c4ccccc4)ccc32)cc1)C(=O)O. The Morgan fingerprint density at radius 2 is 1.37 bits per heavy atom. The Hall–Kier alpha value is -4.97. The fraction of sp³-hybridized carbons (Fsp3) is 0.195. The number of carbonyl (C=O) groups is 1. The van der Waals surface area contributed by atoms with Gasteiger partial charge in [0.25, 0.3) is 0 Å². The molecule has 0 aliphatic heterocycles. The van der Waals surface area contributed by atoms with Gasteiger partial charge in [0, 0.05) is 19.4 Å². The molecular weight excluding hydrogens is 572 g/mol. The van der Waals surface area contributed by atoms with E-state index < -0.39 is 12.1 Å². The summed E-state index contributed by atoms with van der Waals surface area (Å²) < 4.78 is 17.7. The average molecular weight is 611 g/mol. The van der Waals surface area contributed by atoms with Crippen LogP contribution in [0.2, 0.25) is 0 Å². The number of aliphatic carboxylic acids is 1. The zero-order chi connectivity index (χ0) is 31.9. The van der Waals surface area contributed by atoms with Gasteiger partial charge in [-0.3, -0.25) is 0 Å². The second-order valence-electron chi connectivity index (χ2n) is 11.6. The maximum Gasteiger partial charge on any atom is 0.333 e. The second-order valence-corrected chi connectivity index (χ2v) is 11.6. The Morgan fingerprint density at radius 1 is 0.717 bits per heavy atom. The molecular formula is C41H38O5. The molecule has 46 heavy (non-hydrogen) atoms. The van der Waals surface area contributed by atoms with E-state index in [0.29, 0.717) is 25.4 Å². The van der Waals surface area contributed by atoms with Gasteiger partial charge >= 0.3 is 5.97 Å². The molecule has 3 unspecified atom stereocenters. The van der Waals surface area contributed by atoms with Gasteiger partial charge in [0.1, 0.15) is 18.5 Å². The molecule has 0 amide bonds. The largest absolute Gasteiger partial charge is 0.491 e. The van der Waals surface area contributed by atoms with Crippen LogP contribution >= 0.6 is 0 Å². The van der Waals surface area contributed by atoms with Gasteiger partial charge in [0.15, 0.2) is 6.10 Å². The van der Waals surface area contributed by atoms with Gasteiger partial charge < -0.3 is 19.3 Å². The number of carboxylic acid groups (broad SMARTS) is 1. The van der Waals surface area contributed by atoms with Crippen molar-refractivity contribution in [1.82, 2.24) is 0 Å². The van der Waals surface area contributed by atoms with Crippen molar-refractivity contribution in [2.24, 2.45) is 0 Å². The predicted molar refractivity (Wildman–Crippen MR) is 183 cm³/mol. The summed E-state index contributed by atoms with van der Waals surface area (Å²) >= 11 is 0. The summed E-state index contributed by atoms with van der Waals surface area (Å²) in [6.45, 7) is 3.01. The van der Waals surface area contributed by atoms with Crippen molar-refractivity contribution in [3.05, 3.63) is 160 Å². The Morgan fingerprint density at radius 3 is 2.04 bits per heavy atom. The molecule has 0 radical (unpaired) electrons. The average Bonchev–Trinajstić information content (AvgIpc) is 3.25. The van der Waals surface area contributed by atoms with E-state index in [1.807, 2.05) is 30.3 Å². The van der Waals surface area contributed by atoms with Gasteiger partial charge in [0.05, 0.1) is 6.61 Å². The molecule has 0 saturated heterocycles. The summed E-state index contributed by atoms with van der Waals surface area (Å²) in [5, 5.41) is 9.26. The van der Waals surface area contributed by atoms with Gasteiger partial charge in [-0.1, -0.05) is 122 Å². The van der Waals surface area contributed by atoms with Crippen LogP contribution in [0.1, 0.15) is 57.9 Å². The molecule has 232 valence electrons. The summed E-state index contributed by atoms with van der Waals surface area (Å²) in [7, 11) is 1.41. The lowest BCUT2D eigenvalue weighted by molar-refractivity contribution is -0.148. The lowest BCUT2D eigenvalue weighted by atomic mass is 9.88. The van der Waals surface area contributed by atoms with E-state index >= 15 is 0 Å². The highest BCUT2D eigenvalue weighted by molar-refractivity contribution is 5.79. The van der Waals surface area contributed by atoms with E-state index in [1.54, 1.807) is 0 Å². The smallest absolute Gasteiger partial charge is 0.333 e. The summed E-state index contributed by atoms with van der Waals surface area (Å²) in [5.74, 6) is -0.0130. The van der Waals surface area contributed by atoms with Gasteiger partial charge in [0.2, 0.25) is 0 Å². The standard InChI is InChI=1S/C41H38O5/c1-28(30-9-5-3-6-10-30)32-17-21-37-34(26-32)15-16-35-27-33(31-11-7-4-8-12-31)18-22-38(35)40(37)46-24-23-45-36-19-13-29(14-20-36)25-39(44-2)41(42)43/h3-22,26-28,39-40H,23-25H2,1-2H3,(H,42,43). The van der Waals surface area contributed by atoms with Gasteiger partial charge in [-0.05, 0) is 68.3 Å². The van der Waals surface area contributed by atoms with Crippen LogP contribution in [-0.4, -0.2) is 37.5 Å². The molecule has 5 nitrogen and oxygen atoms in total. The van der Waals surface area contributed by atoms with E-state index in [4.69, 9.17) is 14.2 Å². The lowest BCUT2D eigenvalue weighted by Crippen LogP contribution is -2.24. The number of hydrogen-bond acceptors (Lipinski definition) is 4. The first-order valence-corrected chi connectivity index (χ1v) is 15.7. The van der Waals surface area contributed by atoms with Crippen LogP contribution in [0.25, 0.3) is 23.3 Å². The van der Waals surface area contributed by atoms with Crippen LogP contribution < -0.4 is 4.74 Å². The van der Waals surface area contributed by atoms with Crippen molar-refractivity contribution in [2.45, 2.75) is 31.5 Å². The third-order valence-electron chi connectivity index (χ3n) is 8.65. The van der Waals surface area contributed by atoms with Crippen LogP contribution in [0.4, 0.5) is 0 Å². The predicted octanol–water partition coefficient (Wildman–Crippen LogP) is 8.82. The highest BCUT2D eigenvalue weighted by Crippen LogP contribution is 2.39. The normalized spacial score (nSPS) is 14.9. The first kappa shape index (κ1) is 31.0. The molecule has 0 heterocycles. The van der Waals surface area contributed by atoms with E-state index in [9.17, 15) is 9.90 Å². The van der Waals surface area contributed by atoms with Gasteiger partial charge in [-0.25, -0.2) is 4.79 Å². The molecule has 5 aromatic carbocycles. The lowest BCUT2D eigenvalue weighted by Gasteiger charge is -2.23. The third kappa shape index (κ3) is 7.12. The molecule has 0 bridgehead atoms. The third-order valence-corrected chi connectivity index (χ3v) is 8.65. The molecule has 0 saturated carbocycles. The zero-order valence-corrected chi connectivity index (χ0v) is 26.1. The second kappa shape index (κ2) is 14.4. The minimum Gasteiger partial charge on any atom is -0.491 e. The monoisotopic (exact) mass is 610 g/mol. The number of rotatable bonds is 12. The van der Waals surface area contributed by atoms with E-state index in [-0.39, 0.29) is 12.0 Å². The fourth-order valence-corrected chi connectivity index (χ4v) is 6.01. The first-order valence-electron chi connectivity index (χ1n) is 15.7. The van der Waals surface area contributed by atoms with E-state index in [1.165, 1.54) is 29.4 Å². The number of carboxylic acids is 1. The molecule has 0 spiro atoms. The summed E-state index contributed by atoms with van der Waals surface area (Å²) in [4.78, 5) is 11.3. The van der Waals surface area contributed by atoms with Crippen LogP contribution in [0, 0.1) is 0 Å². The molecule has 1 aliphatic rings. The number of methoxy groups -OCH3 is 1. The molecule has 5 aromatic rings. The number of ether oxygens (including phenoxy) is 3. The maximum atomic E-state index is 11.3. The summed E-state index contributed by atoms with van der Waals surface area (Å²) in [5.41, 5.74) is 10.3. The molecule has 6 rings (SSSR count). The van der Waals surface area contributed by atoms with Crippen molar-refractivity contribution in [1.29, 1.82) is 0 Å². The van der Waals surface area contributed by atoms with Gasteiger partial charge in [-0.15, -0.1) is 0 Å². The quantitative estimate of drug-likeness (QED) is 0.143. The number of benzene rings is 5. The molecule has 5 heteroatoms. The van der Waals surface area contributed by atoms with Crippen molar-refractivity contribution < 1.29 is 24.1 Å². The number of hydrogen-bond donors (Lipinski definition) is 1. The first-order chi connectivity index (χ1) is 22.5. The van der Waals surface area contributed by atoms with Crippen LogP contribution in [0.15, 0.2) is 121 Å². The Kier molecular flexibility index (Phi) is 9.73. The van der Waals surface area contributed by atoms with Crippen molar-refractivity contribution in [3.63, 3.8) is 0 Å². The summed E-state index contributed by atoms with van der Waals surface area (Å²) in [6, 6.07) is 41.8. The Bertz CT molecular complexity index is 1790. The number of fused-ring (bicyclic) bond motifs is 2. The minimum atomic E-state index is -0.977. The van der Waals surface area contributed by atoms with E-state index in [0.717, 1.165) is 27.8 Å². The van der Waals surface area contributed by atoms with Crippen molar-refractivity contribution in [2.75, 3.05) is 20.3 Å². The van der Waals surface area contributed by atoms with Crippen molar-refractivity contribution in [3.8, 4) is 16.9 Å². The highest BCUT2D eigenvalue weighted by atomic mass is 16.5. The maximum absolute atomic E-state index is 11.3. The van der Waals surface area contributed by atoms with Crippen LogP contribution in [0.5, 0.6) is 5.75 Å². The molecule has 3 atom stereocenters. The van der Waals surface area contributed by atoms with Crippen molar-refractivity contribution >= 4 is 18.1 Å². The molecule has 1 N–H and O–H groups in total. The molecule has 0 aromatic heterocycles. The van der Waals surface area contributed by atoms with Crippen LogP contribution in [-0.2, 0) is 20.7 Å². The summed E-state index contributed by atoms with van der Waals surface area (Å²) in [6.07, 6.45) is 3.57. The van der Waals surface area contributed by atoms with Gasteiger partial charge in [-0.2, -0.15) is 0 Å². The molecule has 1 aliphatic carbocycles. The Labute approximate surface area is 270 Å². The highest BCUT2D eigenvalue weighted by Gasteiger charge is 2.24. The van der Waals surface area contributed by atoms with E-state index in [2.05, 4.69) is 110 Å². The minimum absolute atomic E-state index is 0.263. The fourth-order valence-electron chi connectivity index (χ4n) is 6.01. The van der Waals surface area contributed by atoms with Crippen LogP contribution in [0.3, 0.4) is 0 Å². The Balaban J connectivity index is 1.22. The topological polar surface area (TPSA) is 65.0 Å². The molecule has 0 fully saturated rings. The zero-order valence-electron chi connectivity index (χ0n) is 26.1.